The van der Waals surface area contributed by atoms with E-state index in [1.807, 2.05) is 36.4 Å². The molecule has 2 aliphatic heterocycles. The van der Waals surface area contributed by atoms with Gasteiger partial charge >= 0.3 is 0 Å². The second kappa shape index (κ2) is 11.8. The van der Waals surface area contributed by atoms with E-state index in [4.69, 9.17) is 14.5 Å². The van der Waals surface area contributed by atoms with Gasteiger partial charge in [0.25, 0.3) is 0 Å². The number of fused-ring (bicyclic) bond motifs is 1. The first-order chi connectivity index (χ1) is 20.4. The Balaban J connectivity index is 1.21. The molecular formula is C30H28FN5O5S. The number of aromatic nitrogens is 3. The lowest BCUT2D eigenvalue weighted by atomic mass is 10.0. The predicted molar refractivity (Wildman–Crippen MR) is 152 cm³/mol. The Morgan fingerprint density at radius 3 is 2.69 bits per heavy atom. The molecule has 1 atom stereocenters. The van der Waals surface area contributed by atoms with Crippen molar-refractivity contribution in [3.63, 3.8) is 0 Å². The van der Waals surface area contributed by atoms with E-state index in [9.17, 15) is 17.6 Å². The summed E-state index contributed by atoms with van der Waals surface area (Å²) in [6, 6.07) is 15.0. The van der Waals surface area contributed by atoms with Gasteiger partial charge in [0.2, 0.25) is 22.8 Å². The number of ketones is 1. The first kappa shape index (κ1) is 27.7. The van der Waals surface area contributed by atoms with E-state index < -0.39 is 21.9 Å². The average Bonchev–Trinajstić information content (AvgIpc) is 3.70. The molecule has 0 saturated carbocycles. The van der Waals surface area contributed by atoms with Gasteiger partial charge in [0.1, 0.15) is 5.82 Å². The Hall–Kier alpha value is -4.42. The fourth-order valence-corrected chi connectivity index (χ4v) is 6.78. The van der Waals surface area contributed by atoms with Crippen LogP contribution in [0.25, 0.3) is 11.3 Å². The van der Waals surface area contributed by atoms with E-state index in [0.29, 0.717) is 54.6 Å². The van der Waals surface area contributed by atoms with Crippen LogP contribution >= 0.6 is 0 Å². The van der Waals surface area contributed by atoms with Crippen molar-refractivity contribution in [3.8, 4) is 22.8 Å². The Labute approximate surface area is 242 Å². The number of rotatable bonds is 10. The highest BCUT2D eigenvalue weighted by atomic mass is 32.2. The number of Topliss-reactive ketones (excluding diaryl/α,β-unsaturated/α-hetero) is 1. The van der Waals surface area contributed by atoms with Crippen LogP contribution in [0, 0.1) is 5.82 Å². The third-order valence-corrected chi connectivity index (χ3v) is 9.17. The molecule has 2 aliphatic rings. The zero-order valence-electron chi connectivity index (χ0n) is 22.6. The molecule has 2 aromatic carbocycles. The third kappa shape index (κ3) is 5.95. The quantitative estimate of drug-likeness (QED) is 0.287. The molecule has 0 radical (unpaired) electrons. The summed E-state index contributed by atoms with van der Waals surface area (Å²) in [6.07, 6.45) is 4.85. The fraction of sp³-hybridized carbons (Fsp3) is 0.267. The van der Waals surface area contributed by atoms with Crippen molar-refractivity contribution in [2.24, 2.45) is 0 Å². The average molecular weight is 590 g/mol. The molecule has 0 spiro atoms. The van der Waals surface area contributed by atoms with Gasteiger partial charge in [-0.15, -0.1) is 0 Å². The molecule has 6 rings (SSSR count). The number of sulfonamides is 1. The molecule has 0 bridgehead atoms. The second-order valence-corrected chi connectivity index (χ2v) is 11.9. The van der Waals surface area contributed by atoms with Crippen molar-refractivity contribution in [1.82, 2.24) is 19.3 Å². The van der Waals surface area contributed by atoms with Gasteiger partial charge in [-0.05, 0) is 79.4 Å². The SMILES string of the molecule is O=C(CCc1cc(-c2ccc3c(c2)OCO3)nc(NCc2cccnc2)n1)[C@@H]1CCCN1S(=O)(=O)c1ccc(F)cc1. The molecular weight excluding hydrogens is 561 g/mol. The number of aryl methyl sites for hydroxylation is 1. The van der Waals surface area contributed by atoms with Gasteiger partial charge in [0.15, 0.2) is 17.3 Å². The maximum atomic E-state index is 13.4. The van der Waals surface area contributed by atoms with Crippen LogP contribution in [0.5, 0.6) is 11.5 Å². The third-order valence-electron chi connectivity index (χ3n) is 7.24. The summed E-state index contributed by atoms with van der Waals surface area (Å²) in [4.78, 5) is 26.8. The number of nitrogens with zero attached hydrogens (tertiary/aromatic N) is 4. The number of pyridine rings is 1. The van der Waals surface area contributed by atoms with E-state index in [2.05, 4.69) is 15.3 Å². The van der Waals surface area contributed by atoms with Crippen LogP contribution in [0.4, 0.5) is 10.3 Å². The lowest BCUT2D eigenvalue weighted by Crippen LogP contribution is -2.40. The number of carbonyl (C=O) groups is 1. The highest BCUT2D eigenvalue weighted by Gasteiger charge is 2.39. The highest BCUT2D eigenvalue weighted by Crippen LogP contribution is 2.36. The Morgan fingerprint density at radius 1 is 1.05 bits per heavy atom. The first-order valence-electron chi connectivity index (χ1n) is 13.6. The topological polar surface area (TPSA) is 124 Å². The molecule has 2 aromatic heterocycles. The minimum Gasteiger partial charge on any atom is -0.454 e. The largest absolute Gasteiger partial charge is 0.454 e. The molecule has 4 aromatic rings. The summed E-state index contributed by atoms with van der Waals surface area (Å²) in [7, 11) is -3.94. The van der Waals surface area contributed by atoms with Gasteiger partial charge in [-0.3, -0.25) is 9.78 Å². The summed E-state index contributed by atoms with van der Waals surface area (Å²) in [5, 5.41) is 3.24. The van der Waals surface area contributed by atoms with E-state index in [0.717, 1.165) is 23.3 Å². The number of halogens is 1. The van der Waals surface area contributed by atoms with Crippen LogP contribution in [0.1, 0.15) is 30.5 Å². The summed E-state index contributed by atoms with van der Waals surface area (Å²) in [5.74, 6) is 0.952. The Morgan fingerprint density at radius 2 is 1.88 bits per heavy atom. The summed E-state index contributed by atoms with van der Waals surface area (Å²) in [5.41, 5.74) is 3.02. The van der Waals surface area contributed by atoms with Crippen molar-refractivity contribution in [2.45, 2.75) is 43.2 Å². The van der Waals surface area contributed by atoms with Crippen molar-refractivity contribution in [2.75, 3.05) is 18.7 Å². The van der Waals surface area contributed by atoms with Crippen molar-refractivity contribution in [1.29, 1.82) is 0 Å². The van der Waals surface area contributed by atoms with Gasteiger partial charge in [-0.2, -0.15) is 4.31 Å². The summed E-state index contributed by atoms with van der Waals surface area (Å²) < 4.78 is 52.1. The summed E-state index contributed by atoms with van der Waals surface area (Å²) in [6.45, 7) is 0.846. The maximum Gasteiger partial charge on any atom is 0.243 e. The van der Waals surface area contributed by atoms with Gasteiger partial charge in [0.05, 0.1) is 16.6 Å². The van der Waals surface area contributed by atoms with Crippen molar-refractivity contribution in [3.05, 3.63) is 90.1 Å². The lowest BCUT2D eigenvalue weighted by Gasteiger charge is -2.23. The molecule has 12 heteroatoms. The molecule has 0 unspecified atom stereocenters. The van der Waals surface area contributed by atoms with E-state index in [1.54, 1.807) is 12.4 Å². The number of hydrogen-bond acceptors (Lipinski definition) is 9. The highest BCUT2D eigenvalue weighted by molar-refractivity contribution is 7.89. The van der Waals surface area contributed by atoms with Crippen LogP contribution in [-0.2, 0) is 27.8 Å². The van der Waals surface area contributed by atoms with Crippen LogP contribution < -0.4 is 14.8 Å². The van der Waals surface area contributed by atoms with Crippen molar-refractivity contribution < 1.29 is 27.1 Å². The minimum atomic E-state index is -3.94. The van der Waals surface area contributed by atoms with Gasteiger partial charge in [-0.25, -0.2) is 22.8 Å². The number of ether oxygens (including phenoxy) is 2. The predicted octanol–water partition coefficient (Wildman–Crippen LogP) is 4.37. The number of carbonyl (C=O) groups excluding carboxylic acids is 1. The monoisotopic (exact) mass is 589 g/mol. The second-order valence-electron chi connectivity index (χ2n) is 10.0. The summed E-state index contributed by atoms with van der Waals surface area (Å²) >= 11 is 0. The molecule has 4 heterocycles. The fourth-order valence-electron chi connectivity index (χ4n) is 5.10. The standard InChI is InChI=1S/C30H28FN5O5S/c31-22-6-9-24(10-7-22)42(38,39)36-14-2-4-26(36)27(37)11-8-23-16-25(21-5-12-28-29(15-21)41-19-40-28)35-30(34-23)33-18-20-3-1-13-32-17-20/h1,3,5-7,9-10,12-13,15-17,26H,2,4,8,11,14,18-19H2,(H,33,34,35)/t26-/m0/s1. The molecule has 216 valence electrons. The van der Waals surface area contributed by atoms with E-state index in [-0.39, 0.29) is 30.4 Å². The maximum absolute atomic E-state index is 13.4. The molecule has 10 nitrogen and oxygen atoms in total. The zero-order chi connectivity index (χ0) is 29.1. The van der Waals surface area contributed by atoms with Crippen LogP contribution in [-0.4, -0.2) is 52.8 Å². The van der Waals surface area contributed by atoms with Gasteiger partial charge in [0, 0.05) is 43.2 Å². The molecule has 42 heavy (non-hydrogen) atoms. The normalized spacial score (nSPS) is 16.5. The van der Waals surface area contributed by atoms with Gasteiger partial charge in [-0.1, -0.05) is 6.07 Å². The number of nitrogens with one attached hydrogen (secondary N) is 1. The van der Waals surface area contributed by atoms with E-state index >= 15 is 0 Å². The first-order valence-corrected chi connectivity index (χ1v) is 15.0. The molecule has 1 saturated heterocycles. The van der Waals surface area contributed by atoms with E-state index in [1.165, 1.54) is 16.4 Å². The van der Waals surface area contributed by atoms with Crippen LogP contribution in [0.2, 0.25) is 0 Å². The molecule has 1 N–H and O–H groups in total. The smallest absolute Gasteiger partial charge is 0.243 e. The number of anilines is 1. The van der Waals surface area contributed by atoms with Crippen LogP contribution in [0.15, 0.2) is 78.0 Å². The molecule has 0 aliphatic carbocycles. The number of benzene rings is 2. The Kier molecular flexibility index (Phi) is 7.81. The molecule has 0 amide bonds. The van der Waals surface area contributed by atoms with Crippen LogP contribution in [0.3, 0.4) is 0 Å². The molecule has 1 fully saturated rings. The lowest BCUT2D eigenvalue weighted by molar-refractivity contribution is -0.122. The zero-order valence-corrected chi connectivity index (χ0v) is 23.4. The van der Waals surface area contributed by atoms with Gasteiger partial charge < -0.3 is 14.8 Å². The number of hydrogen-bond donors (Lipinski definition) is 1. The minimum absolute atomic E-state index is 0.0305. The van der Waals surface area contributed by atoms with Crippen molar-refractivity contribution >= 4 is 21.8 Å². The Bertz CT molecular complexity index is 1700.